The van der Waals surface area contributed by atoms with E-state index in [1.54, 1.807) is 24.3 Å². The second-order valence-corrected chi connectivity index (χ2v) is 5.46. The molecule has 0 spiro atoms. The first-order chi connectivity index (χ1) is 9.66. The highest BCUT2D eigenvalue weighted by molar-refractivity contribution is 6.31. The van der Waals surface area contributed by atoms with Crippen LogP contribution in [0.1, 0.15) is 44.7 Å². The number of hydrogen-bond acceptors (Lipinski definition) is 2. The fourth-order valence-electron chi connectivity index (χ4n) is 2.45. The van der Waals surface area contributed by atoms with Crippen molar-refractivity contribution in [3.63, 3.8) is 0 Å². The van der Waals surface area contributed by atoms with Gasteiger partial charge in [0.1, 0.15) is 5.02 Å². The Morgan fingerprint density at radius 1 is 1.15 bits per heavy atom. The number of fused-ring (bicyclic) bond motifs is 1. The van der Waals surface area contributed by atoms with E-state index < -0.39 is 0 Å². The zero-order valence-corrected chi connectivity index (χ0v) is 12.5. The summed E-state index contributed by atoms with van der Waals surface area (Å²) in [5.74, 6) is 0. The van der Waals surface area contributed by atoms with Crippen LogP contribution in [-0.4, -0.2) is 9.94 Å². The van der Waals surface area contributed by atoms with Gasteiger partial charge in [0.15, 0.2) is 0 Å². The summed E-state index contributed by atoms with van der Waals surface area (Å²) in [7, 11) is 0. The van der Waals surface area contributed by atoms with Gasteiger partial charge in [-0.1, -0.05) is 56.3 Å². The van der Waals surface area contributed by atoms with Crippen molar-refractivity contribution in [1.82, 2.24) is 4.73 Å². The molecule has 2 rings (SSSR count). The van der Waals surface area contributed by atoms with Crippen molar-refractivity contribution in [3.8, 4) is 0 Å². The van der Waals surface area contributed by atoms with Crippen molar-refractivity contribution in [2.24, 2.45) is 0 Å². The molecule has 2 aromatic rings. The van der Waals surface area contributed by atoms with Gasteiger partial charge in [0.2, 0.25) is 5.43 Å². The van der Waals surface area contributed by atoms with Crippen LogP contribution in [0.5, 0.6) is 0 Å². The summed E-state index contributed by atoms with van der Waals surface area (Å²) in [5.41, 5.74) is 0.841. The molecular weight excluding hydrogens is 274 g/mol. The normalized spacial score (nSPS) is 11.1. The molecule has 0 amide bonds. The lowest BCUT2D eigenvalue weighted by Crippen LogP contribution is -2.14. The fraction of sp³-hybridized carbons (Fsp3) is 0.438. The highest BCUT2D eigenvalue weighted by Crippen LogP contribution is 2.20. The standard InChI is InChI=1S/C16H20ClNO2/c1-2-3-4-5-6-11-14-15(17)16(19)12-9-7-8-10-13(12)18(14)20/h7-10,20H,2-6,11H2,1H3. The van der Waals surface area contributed by atoms with Crippen LogP contribution in [0.15, 0.2) is 29.1 Å². The zero-order valence-electron chi connectivity index (χ0n) is 11.7. The van der Waals surface area contributed by atoms with E-state index in [0.717, 1.165) is 17.6 Å². The van der Waals surface area contributed by atoms with E-state index in [9.17, 15) is 10.0 Å². The predicted octanol–water partition coefficient (Wildman–Crippen LogP) is 4.41. The number of nitrogens with zero attached hydrogens (tertiary/aromatic N) is 1. The van der Waals surface area contributed by atoms with Crippen LogP contribution in [0.2, 0.25) is 5.02 Å². The maximum absolute atomic E-state index is 12.2. The molecule has 0 unspecified atom stereocenters. The van der Waals surface area contributed by atoms with Crippen LogP contribution in [0.25, 0.3) is 10.9 Å². The third-order valence-corrected chi connectivity index (χ3v) is 3.99. The lowest BCUT2D eigenvalue weighted by Gasteiger charge is -2.12. The maximum Gasteiger partial charge on any atom is 0.208 e. The molecule has 1 N–H and O–H groups in total. The third kappa shape index (κ3) is 2.98. The molecular formula is C16H20ClNO2. The quantitative estimate of drug-likeness (QED) is 0.633. The first kappa shape index (κ1) is 14.9. The van der Waals surface area contributed by atoms with Gasteiger partial charge in [-0.2, -0.15) is 4.73 Å². The van der Waals surface area contributed by atoms with Crippen LogP contribution in [0, 0.1) is 0 Å². The Kier molecular flexibility index (Phi) is 5.07. The topological polar surface area (TPSA) is 42.2 Å². The molecule has 0 fully saturated rings. The Bertz CT molecular complexity index is 649. The monoisotopic (exact) mass is 293 g/mol. The molecule has 0 aliphatic heterocycles. The summed E-state index contributed by atoms with van der Waals surface area (Å²) in [5, 5.41) is 10.8. The molecule has 0 atom stereocenters. The molecule has 20 heavy (non-hydrogen) atoms. The molecule has 3 nitrogen and oxygen atoms in total. The lowest BCUT2D eigenvalue weighted by molar-refractivity contribution is 0.187. The van der Waals surface area contributed by atoms with Crippen molar-refractivity contribution >= 4 is 22.5 Å². The minimum Gasteiger partial charge on any atom is -0.428 e. The van der Waals surface area contributed by atoms with Crippen LogP contribution < -0.4 is 5.43 Å². The van der Waals surface area contributed by atoms with E-state index >= 15 is 0 Å². The van der Waals surface area contributed by atoms with E-state index in [0.29, 0.717) is 23.0 Å². The average Bonchev–Trinajstić information content (AvgIpc) is 2.48. The number of unbranched alkanes of at least 4 members (excludes halogenated alkanes) is 4. The molecule has 0 saturated carbocycles. The number of benzene rings is 1. The number of para-hydroxylation sites is 1. The highest BCUT2D eigenvalue weighted by atomic mass is 35.5. The Labute approximate surface area is 123 Å². The van der Waals surface area contributed by atoms with Gasteiger partial charge in [0, 0.05) is 0 Å². The van der Waals surface area contributed by atoms with Crippen molar-refractivity contribution in [2.75, 3.05) is 0 Å². The second kappa shape index (κ2) is 6.80. The number of pyridine rings is 1. The van der Waals surface area contributed by atoms with Gasteiger partial charge in [-0.25, -0.2) is 0 Å². The summed E-state index contributed by atoms with van der Waals surface area (Å²) in [6.07, 6.45) is 6.23. The summed E-state index contributed by atoms with van der Waals surface area (Å²) < 4.78 is 1.07. The Morgan fingerprint density at radius 2 is 1.85 bits per heavy atom. The molecule has 0 bridgehead atoms. The lowest BCUT2D eigenvalue weighted by atomic mass is 10.1. The number of aromatic nitrogens is 1. The van der Waals surface area contributed by atoms with Crippen LogP contribution >= 0.6 is 11.6 Å². The summed E-state index contributed by atoms with van der Waals surface area (Å²) in [6.45, 7) is 2.17. The van der Waals surface area contributed by atoms with E-state index in [1.807, 2.05) is 0 Å². The molecule has 1 heterocycles. The first-order valence-corrected chi connectivity index (χ1v) is 7.56. The van der Waals surface area contributed by atoms with Gasteiger partial charge in [-0.3, -0.25) is 4.79 Å². The van der Waals surface area contributed by atoms with E-state index in [-0.39, 0.29) is 10.5 Å². The second-order valence-electron chi connectivity index (χ2n) is 5.08. The molecule has 0 aliphatic rings. The van der Waals surface area contributed by atoms with Gasteiger partial charge in [-0.15, -0.1) is 0 Å². The smallest absolute Gasteiger partial charge is 0.208 e. The maximum atomic E-state index is 12.2. The molecule has 1 aromatic heterocycles. The SMILES string of the molecule is CCCCCCCc1c(Cl)c(=O)c2ccccc2n1O. The van der Waals surface area contributed by atoms with Crippen molar-refractivity contribution < 1.29 is 5.21 Å². The van der Waals surface area contributed by atoms with Gasteiger partial charge in [-0.05, 0) is 25.0 Å². The Balaban J connectivity index is 2.27. The largest absolute Gasteiger partial charge is 0.428 e. The molecule has 0 aliphatic carbocycles. The van der Waals surface area contributed by atoms with Crippen molar-refractivity contribution in [3.05, 3.63) is 45.2 Å². The minimum atomic E-state index is -0.198. The minimum absolute atomic E-state index is 0.140. The fourth-order valence-corrected chi connectivity index (χ4v) is 2.73. The van der Waals surface area contributed by atoms with Crippen LogP contribution in [0.4, 0.5) is 0 Å². The summed E-state index contributed by atoms with van der Waals surface area (Å²) >= 11 is 6.12. The highest BCUT2D eigenvalue weighted by Gasteiger charge is 2.14. The van der Waals surface area contributed by atoms with Gasteiger partial charge >= 0.3 is 0 Å². The average molecular weight is 294 g/mol. The third-order valence-electron chi connectivity index (χ3n) is 3.60. The van der Waals surface area contributed by atoms with E-state index in [4.69, 9.17) is 11.6 Å². The van der Waals surface area contributed by atoms with Crippen LogP contribution in [0.3, 0.4) is 0 Å². The van der Waals surface area contributed by atoms with Crippen LogP contribution in [-0.2, 0) is 6.42 Å². The van der Waals surface area contributed by atoms with Gasteiger partial charge in [0.05, 0.1) is 16.6 Å². The Morgan fingerprint density at radius 3 is 2.60 bits per heavy atom. The number of halogens is 1. The van der Waals surface area contributed by atoms with Crippen molar-refractivity contribution in [2.45, 2.75) is 45.4 Å². The van der Waals surface area contributed by atoms with Gasteiger partial charge in [0.25, 0.3) is 0 Å². The molecule has 0 radical (unpaired) electrons. The Hall–Kier alpha value is -1.48. The van der Waals surface area contributed by atoms with E-state index in [2.05, 4.69) is 6.92 Å². The van der Waals surface area contributed by atoms with Crippen molar-refractivity contribution in [1.29, 1.82) is 0 Å². The molecule has 108 valence electrons. The van der Waals surface area contributed by atoms with Gasteiger partial charge < -0.3 is 5.21 Å². The summed E-state index contributed by atoms with van der Waals surface area (Å²) in [4.78, 5) is 12.2. The number of hydrogen-bond donors (Lipinski definition) is 1. The first-order valence-electron chi connectivity index (χ1n) is 7.18. The zero-order chi connectivity index (χ0) is 14.5. The predicted molar refractivity (Wildman–Crippen MR) is 82.9 cm³/mol. The molecule has 0 saturated heterocycles. The van der Waals surface area contributed by atoms with E-state index in [1.165, 1.54) is 19.3 Å². The number of rotatable bonds is 6. The summed E-state index contributed by atoms with van der Waals surface area (Å²) in [6, 6.07) is 6.98. The molecule has 1 aromatic carbocycles. The molecule has 4 heteroatoms.